The average molecular weight is 213 g/mol. The van der Waals surface area contributed by atoms with Crippen LogP contribution in [0, 0.1) is 6.92 Å². The first-order valence-corrected chi connectivity index (χ1v) is 5.07. The van der Waals surface area contributed by atoms with Crippen LogP contribution in [0.2, 0.25) is 0 Å². The van der Waals surface area contributed by atoms with Gasteiger partial charge < -0.3 is 14.9 Å². The van der Waals surface area contributed by atoms with Crippen molar-refractivity contribution in [2.45, 2.75) is 26.9 Å². The Balaban J connectivity index is 0.000000921. The van der Waals surface area contributed by atoms with E-state index in [0.29, 0.717) is 5.88 Å². The summed E-state index contributed by atoms with van der Waals surface area (Å²) in [7, 11) is 0. The van der Waals surface area contributed by atoms with Gasteiger partial charge in [-0.2, -0.15) is 0 Å². The molecule has 0 aliphatic rings. The quantitative estimate of drug-likeness (QED) is 0.787. The highest BCUT2D eigenvalue weighted by molar-refractivity contribution is 5.14. The fraction of sp³-hybridized carbons (Fsp3) is 0.545. The van der Waals surface area contributed by atoms with Gasteiger partial charge in [-0.25, -0.2) is 4.98 Å². The van der Waals surface area contributed by atoms with E-state index < -0.39 is 6.10 Å². The third-order valence-corrected chi connectivity index (χ3v) is 1.50. The lowest BCUT2D eigenvalue weighted by Gasteiger charge is -2.08. The molecule has 0 aliphatic heterocycles. The van der Waals surface area contributed by atoms with Crippen molar-refractivity contribution in [3.8, 4) is 5.88 Å². The zero-order valence-corrected chi connectivity index (χ0v) is 9.47. The van der Waals surface area contributed by atoms with Gasteiger partial charge in [0.25, 0.3) is 0 Å². The maximum Gasteiger partial charge on any atom is 0.213 e. The molecule has 0 radical (unpaired) electrons. The number of pyridine rings is 1. The zero-order chi connectivity index (χ0) is 11.7. The zero-order valence-electron chi connectivity index (χ0n) is 9.47. The van der Waals surface area contributed by atoms with E-state index in [1.54, 1.807) is 6.07 Å². The van der Waals surface area contributed by atoms with Crippen molar-refractivity contribution < 1.29 is 14.9 Å². The van der Waals surface area contributed by atoms with Gasteiger partial charge in [0.2, 0.25) is 5.88 Å². The predicted molar refractivity (Wildman–Crippen MR) is 58.9 cm³/mol. The van der Waals surface area contributed by atoms with Gasteiger partial charge in [-0.1, -0.05) is 19.9 Å². The van der Waals surface area contributed by atoms with Gasteiger partial charge in [0.15, 0.2) is 0 Å². The van der Waals surface area contributed by atoms with Gasteiger partial charge in [-0.05, 0) is 13.0 Å². The van der Waals surface area contributed by atoms with Crippen molar-refractivity contribution in [2.75, 3.05) is 13.2 Å². The van der Waals surface area contributed by atoms with E-state index in [0.717, 1.165) is 5.69 Å². The Morgan fingerprint density at radius 1 is 1.40 bits per heavy atom. The Kier molecular flexibility index (Phi) is 7.58. The van der Waals surface area contributed by atoms with E-state index in [1.807, 2.05) is 32.9 Å². The second kappa shape index (κ2) is 8.20. The number of aromatic nitrogens is 1. The molecule has 4 nitrogen and oxygen atoms in total. The molecular weight excluding hydrogens is 194 g/mol. The van der Waals surface area contributed by atoms with Crippen LogP contribution in [0.25, 0.3) is 0 Å². The molecule has 0 amide bonds. The van der Waals surface area contributed by atoms with E-state index in [1.165, 1.54) is 0 Å². The molecule has 2 N–H and O–H groups in total. The number of rotatable bonds is 4. The molecule has 0 bridgehead atoms. The summed E-state index contributed by atoms with van der Waals surface area (Å²) in [5.41, 5.74) is 0.857. The summed E-state index contributed by atoms with van der Waals surface area (Å²) in [4.78, 5) is 4.06. The van der Waals surface area contributed by atoms with Crippen LogP contribution >= 0.6 is 0 Å². The number of aliphatic hydroxyl groups excluding tert-OH is 2. The summed E-state index contributed by atoms with van der Waals surface area (Å²) in [5.74, 6) is 0.465. The second-order valence-corrected chi connectivity index (χ2v) is 2.76. The second-order valence-electron chi connectivity index (χ2n) is 2.76. The third kappa shape index (κ3) is 6.04. The molecule has 0 saturated carbocycles. The molecule has 15 heavy (non-hydrogen) atoms. The topological polar surface area (TPSA) is 62.6 Å². The van der Waals surface area contributed by atoms with Crippen LogP contribution in [0.15, 0.2) is 18.2 Å². The van der Waals surface area contributed by atoms with Crippen molar-refractivity contribution in [1.82, 2.24) is 4.98 Å². The molecule has 4 heteroatoms. The average Bonchev–Trinajstić information content (AvgIpc) is 2.29. The number of hydrogen-bond donors (Lipinski definition) is 2. The minimum Gasteiger partial charge on any atom is -0.475 e. The van der Waals surface area contributed by atoms with Gasteiger partial charge in [-0.3, -0.25) is 0 Å². The molecule has 1 aromatic heterocycles. The first kappa shape index (κ1) is 13.9. The highest BCUT2D eigenvalue weighted by Crippen LogP contribution is 2.06. The Morgan fingerprint density at radius 3 is 2.60 bits per heavy atom. The van der Waals surface area contributed by atoms with E-state index in [-0.39, 0.29) is 13.2 Å². The first-order chi connectivity index (χ1) is 7.22. The van der Waals surface area contributed by atoms with E-state index in [2.05, 4.69) is 4.98 Å². The van der Waals surface area contributed by atoms with Crippen LogP contribution in [-0.2, 0) is 0 Å². The summed E-state index contributed by atoms with van der Waals surface area (Å²) in [6.07, 6.45) is -0.845. The Morgan fingerprint density at radius 2 is 2.07 bits per heavy atom. The summed E-state index contributed by atoms with van der Waals surface area (Å²) in [5, 5.41) is 17.5. The monoisotopic (exact) mass is 213 g/mol. The smallest absolute Gasteiger partial charge is 0.213 e. The number of aryl methyl sites for hydroxylation is 1. The van der Waals surface area contributed by atoms with E-state index in [4.69, 9.17) is 14.9 Å². The van der Waals surface area contributed by atoms with E-state index >= 15 is 0 Å². The highest BCUT2D eigenvalue weighted by atomic mass is 16.5. The van der Waals surface area contributed by atoms with Gasteiger partial charge >= 0.3 is 0 Å². The molecule has 1 rings (SSSR count). The number of nitrogens with zero attached hydrogens (tertiary/aromatic N) is 1. The predicted octanol–water partition coefficient (Wildman–Crippen LogP) is 1.15. The van der Waals surface area contributed by atoms with Crippen LogP contribution in [-0.4, -0.2) is 34.5 Å². The lowest BCUT2D eigenvalue weighted by atomic mass is 10.4. The SMILES string of the molecule is CC.Cc1cccc(OCC(O)CO)n1. The molecule has 1 aromatic rings. The van der Waals surface area contributed by atoms with Crippen molar-refractivity contribution in [3.05, 3.63) is 23.9 Å². The van der Waals surface area contributed by atoms with Gasteiger partial charge in [-0.15, -0.1) is 0 Å². The first-order valence-electron chi connectivity index (χ1n) is 5.07. The summed E-state index contributed by atoms with van der Waals surface area (Å²) < 4.78 is 5.12. The molecule has 86 valence electrons. The van der Waals surface area contributed by atoms with Crippen LogP contribution in [0.1, 0.15) is 19.5 Å². The van der Waals surface area contributed by atoms with Crippen molar-refractivity contribution in [1.29, 1.82) is 0 Å². The van der Waals surface area contributed by atoms with Crippen LogP contribution in [0.5, 0.6) is 5.88 Å². The summed E-state index contributed by atoms with van der Waals surface area (Å²) in [6, 6.07) is 5.38. The fourth-order valence-corrected chi connectivity index (χ4v) is 0.833. The van der Waals surface area contributed by atoms with Crippen molar-refractivity contribution in [3.63, 3.8) is 0 Å². The molecular formula is C11H19NO3. The normalized spacial score (nSPS) is 11.3. The Bertz CT molecular complexity index is 266. The molecule has 1 heterocycles. The molecule has 0 aromatic carbocycles. The van der Waals surface area contributed by atoms with Crippen molar-refractivity contribution >= 4 is 0 Å². The minimum atomic E-state index is -0.845. The lowest BCUT2D eigenvalue weighted by molar-refractivity contribution is 0.0521. The van der Waals surface area contributed by atoms with Crippen LogP contribution < -0.4 is 4.74 Å². The van der Waals surface area contributed by atoms with Gasteiger partial charge in [0, 0.05) is 11.8 Å². The highest BCUT2D eigenvalue weighted by Gasteiger charge is 2.03. The molecule has 0 saturated heterocycles. The Labute approximate surface area is 90.5 Å². The van der Waals surface area contributed by atoms with Gasteiger partial charge in [0.05, 0.1) is 6.61 Å². The summed E-state index contributed by atoms with van der Waals surface area (Å²) >= 11 is 0. The number of hydrogen-bond acceptors (Lipinski definition) is 4. The minimum absolute atomic E-state index is 0.0625. The lowest BCUT2D eigenvalue weighted by Crippen LogP contribution is -2.21. The third-order valence-electron chi connectivity index (χ3n) is 1.50. The Hall–Kier alpha value is -1.13. The van der Waals surface area contributed by atoms with Crippen LogP contribution in [0.4, 0.5) is 0 Å². The fourth-order valence-electron chi connectivity index (χ4n) is 0.833. The van der Waals surface area contributed by atoms with Gasteiger partial charge in [0.1, 0.15) is 12.7 Å². The van der Waals surface area contributed by atoms with E-state index in [9.17, 15) is 0 Å². The molecule has 0 fully saturated rings. The molecule has 1 unspecified atom stereocenters. The standard InChI is InChI=1S/C9H13NO3.C2H6/c1-7-3-2-4-9(10-7)13-6-8(12)5-11;1-2/h2-4,8,11-12H,5-6H2,1H3;1-2H3. The number of aliphatic hydroxyl groups is 2. The number of ether oxygens (including phenoxy) is 1. The largest absolute Gasteiger partial charge is 0.475 e. The van der Waals surface area contributed by atoms with Crippen molar-refractivity contribution in [2.24, 2.45) is 0 Å². The maximum atomic E-state index is 8.99. The molecule has 0 spiro atoms. The molecule has 1 atom stereocenters. The molecule has 0 aliphatic carbocycles. The summed E-state index contributed by atoms with van der Waals surface area (Å²) in [6.45, 7) is 5.62. The maximum absolute atomic E-state index is 8.99. The van der Waals surface area contributed by atoms with Crippen LogP contribution in [0.3, 0.4) is 0 Å².